The maximum absolute atomic E-state index is 3.43. The fraction of sp³-hybridized carbons (Fsp3) is 1.00. The average molecular weight is 172 g/mol. The lowest BCUT2D eigenvalue weighted by molar-refractivity contribution is 0.454. The van der Waals surface area contributed by atoms with Gasteiger partial charge in [-0.3, -0.25) is 0 Å². The maximum atomic E-state index is 3.43. The molecule has 0 spiro atoms. The van der Waals surface area contributed by atoms with Crippen LogP contribution in [0.2, 0.25) is 0 Å². The molecule has 0 fully saturated rings. The molecule has 0 bridgehead atoms. The molecule has 0 aromatic carbocycles. The Kier molecular flexibility index (Phi) is 8.95. The van der Waals surface area contributed by atoms with Crippen molar-refractivity contribution in [1.29, 1.82) is 0 Å². The van der Waals surface area contributed by atoms with E-state index < -0.39 is 0 Å². The first kappa shape index (κ1) is 11.9. The summed E-state index contributed by atoms with van der Waals surface area (Å²) in [6.07, 6.45) is 5.84. The van der Waals surface area contributed by atoms with E-state index in [0.717, 1.165) is 13.1 Å². The minimum absolute atomic E-state index is 0.469. The predicted octanol–water partition coefficient (Wildman–Crippen LogP) is 2.11. The minimum atomic E-state index is 0.469. The van der Waals surface area contributed by atoms with Crippen LogP contribution >= 0.6 is 0 Å². The van der Waals surface area contributed by atoms with Crippen LogP contribution in [0.3, 0.4) is 0 Å². The van der Waals surface area contributed by atoms with Crippen molar-refractivity contribution in [3.8, 4) is 0 Å². The largest absolute Gasteiger partial charge is 0.302 e. The average Bonchev–Trinajstić information content (AvgIpc) is 2.05. The molecule has 2 heteroatoms. The summed E-state index contributed by atoms with van der Waals surface area (Å²) in [5.74, 6) is 0. The molecule has 0 aliphatic carbocycles. The molecule has 2 N–H and O–H groups in total. The van der Waals surface area contributed by atoms with E-state index in [1.165, 1.54) is 25.7 Å². The molecule has 0 aromatic rings. The lowest BCUT2D eigenvalue weighted by atomic mass is 10.2. The molecule has 74 valence electrons. The van der Waals surface area contributed by atoms with Gasteiger partial charge >= 0.3 is 0 Å². The van der Waals surface area contributed by atoms with Crippen LogP contribution in [0.1, 0.15) is 46.5 Å². The van der Waals surface area contributed by atoms with Crippen molar-refractivity contribution in [3.05, 3.63) is 0 Å². The van der Waals surface area contributed by atoms with E-state index in [2.05, 4.69) is 31.4 Å². The highest BCUT2D eigenvalue weighted by Gasteiger charge is 1.95. The molecular weight excluding hydrogens is 148 g/mol. The van der Waals surface area contributed by atoms with Crippen LogP contribution in [0.5, 0.6) is 0 Å². The Bertz CT molecular complexity index is 83.9. The van der Waals surface area contributed by atoms with Gasteiger partial charge in [0.2, 0.25) is 0 Å². The smallest absolute Gasteiger partial charge is 0.0542 e. The van der Waals surface area contributed by atoms with E-state index >= 15 is 0 Å². The third-order valence-corrected chi connectivity index (χ3v) is 1.99. The summed E-state index contributed by atoms with van der Waals surface area (Å²) in [5, 5.41) is 6.76. The van der Waals surface area contributed by atoms with Crippen molar-refractivity contribution < 1.29 is 0 Å². The van der Waals surface area contributed by atoms with Crippen LogP contribution in [0.4, 0.5) is 0 Å². The highest BCUT2D eigenvalue weighted by atomic mass is 15.1. The van der Waals surface area contributed by atoms with E-state index in [9.17, 15) is 0 Å². The Morgan fingerprint density at radius 3 is 2.33 bits per heavy atom. The number of unbranched alkanes of at least 4 members (excludes halogenated alkanes) is 3. The topological polar surface area (TPSA) is 24.1 Å². The summed E-state index contributed by atoms with van der Waals surface area (Å²) in [7, 11) is 0. The molecular formula is C10H24N2. The zero-order chi connectivity index (χ0) is 9.23. The van der Waals surface area contributed by atoms with Crippen molar-refractivity contribution in [3.63, 3.8) is 0 Å². The van der Waals surface area contributed by atoms with Crippen molar-refractivity contribution in [2.45, 2.75) is 52.6 Å². The van der Waals surface area contributed by atoms with Gasteiger partial charge in [-0.15, -0.1) is 0 Å². The number of hydrogen-bond acceptors (Lipinski definition) is 2. The lowest BCUT2D eigenvalue weighted by Crippen LogP contribution is -2.39. The van der Waals surface area contributed by atoms with Gasteiger partial charge in [0, 0.05) is 0 Å². The maximum Gasteiger partial charge on any atom is 0.0542 e. The molecule has 0 amide bonds. The number of nitrogens with one attached hydrogen (secondary N) is 2. The van der Waals surface area contributed by atoms with Crippen LogP contribution in [0, 0.1) is 0 Å². The van der Waals surface area contributed by atoms with Gasteiger partial charge in [-0.2, -0.15) is 0 Å². The molecule has 0 rings (SSSR count). The number of hydrogen-bond donors (Lipinski definition) is 2. The third kappa shape index (κ3) is 8.02. The highest BCUT2D eigenvalue weighted by Crippen LogP contribution is 1.96. The van der Waals surface area contributed by atoms with Gasteiger partial charge in [0.1, 0.15) is 0 Å². The summed E-state index contributed by atoms with van der Waals surface area (Å²) in [5.41, 5.74) is 0. The van der Waals surface area contributed by atoms with Crippen molar-refractivity contribution in [2.24, 2.45) is 0 Å². The van der Waals surface area contributed by atoms with Gasteiger partial charge in [-0.05, 0) is 26.4 Å². The first-order valence-corrected chi connectivity index (χ1v) is 5.28. The molecule has 0 heterocycles. The zero-order valence-corrected chi connectivity index (χ0v) is 8.82. The first-order chi connectivity index (χ1) is 5.81. The predicted molar refractivity (Wildman–Crippen MR) is 55.3 cm³/mol. The monoisotopic (exact) mass is 172 g/mol. The molecule has 0 saturated carbocycles. The van der Waals surface area contributed by atoms with Crippen LogP contribution in [0.15, 0.2) is 0 Å². The summed E-state index contributed by atoms with van der Waals surface area (Å²) < 4.78 is 0. The van der Waals surface area contributed by atoms with E-state index in [4.69, 9.17) is 0 Å². The van der Waals surface area contributed by atoms with Gasteiger partial charge < -0.3 is 10.6 Å². The summed E-state index contributed by atoms with van der Waals surface area (Å²) >= 11 is 0. The Balaban J connectivity index is 2.97. The van der Waals surface area contributed by atoms with E-state index in [0.29, 0.717) is 6.17 Å². The Morgan fingerprint density at radius 1 is 1.00 bits per heavy atom. The van der Waals surface area contributed by atoms with Crippen LogP contribution in [-0.4, -0.2) is 19.3 Å². The van der Waals surface area contributed by atoms with Crippen LogP contribution in [-0.2, 0) is 0 Å². The van der Waals surface area contributed by atoms with E-state index in [-0.39, 0.29) is 0 Å². The fourth-order valence-corrected chi connectivity index (χ4v) is 1.25. The Morgan fingerprint density at radius 2 is 1.75 bits per heavy atom. The molecule has 1 atom stereocenters. The fourth-order valence-electron chi connectivity index (χ4n) is 1.25. The van der Waals surface area contributed by atoms with Crippen molar-refractivity contribution >= 4 is 0 Å². The second-order valence-electron chi connectivity index (χ2n) is 3.29. The zero-order valence-electron chi connectivity index (χ0n) is 8.82. The van der Waals surface area contributed by atoms with Crippen LogP contribution < -0.4 is 10.6 Å². The molecule has 0 aliphatic heterocycles. The normalized spacial score (nSPS) is 13.2. The summed E-state index contributed by atoms with van der Waals surface area (Å²) in [6, 6.07) is 0. The molecule has 0 aromatic heterocycles. The van der Waals surface area contributed by atoms with Crippen molar-refractivity contribution in [1.82, 2.24) is 10.6 Å². The van der Waals surface area contributed by atoms with Gasteiger partial charge in [0.15, 0.2) is 0 Å². The second kappa shape index (κ2) is 9.01. The first-order valence-electron chi connectivity index (χ1n) is 5.28. The SMILES string of the molecule is CCCCCCNC(C)NCC. The van der Waals surface area contributed by atoms with Gasteiger partial charge in [0.05, 0.1) is 6.17 Å². The molecule has 2 nitrogen and oxygen atoms in total. The van der Waals surface area contributed by atoms with Gasteiger partial charge in [0.25, 0.3) is 0 Å². The lowest BCUT2D eigenvalue weighted by Gasteiger charge is -2.13. The molecule has 0 saturated heterocycles. The third-order valence-electron chi connectivity index (χ3n) is 1.99. The quantitative estimate of drug-likeness (QED) is 0.433. The van der Waals surface area contributed by atoms with E-state index in [1.807, 2.05) is 0 Å². The Hall–Kier alpha value is -0.0800. The molecule has 0 radical (unpaired) electrons. The van der Waals surface area contributed by atoms with Crippen LogP contribution in [0.25, 0.3) is 0 Å². The van der Waals surface area contributed by atoms with Gasteiger partial charge in [-0.1, -0.05) is 33.1 Å². The standard InChI is InChI=1S/C10H24N2/c1-4-6-7-8-9-12-10(3)11-5-2/h10-12H,4-9H2,1-3H3. The second-order valence-corrected chi connectivity index (χ2v) is 3.29. The van der Waals surface area contributed by atoms with E-state index in [1.54, 1.807) is 0 Å². The summed E-state index contributed by atoms with van der Waals surface area (Å²) in [6.45, 7) is 8.74. The molecule has 1 unspecified atom stereocenters. The molecule has 0 aliphatic rings. The van der Waals surface area contributed by atoms with Crippen molar-refractivity contribution in [2.75, 3.05) is 13.1 Å². The highest BCUT2D eigenvalue weighted by molar-refractivity contribution is 4.56. The molecule has 12 heavy (non-hydrogen) atoms. The summed E-state index contributed by atoms with van der Waals surface area (Å²) in [4.78, 5) is 0. The Labute approximate surface area is 77.1 Å². The number of rotatable bonds is 8. The van der Waals surface area contributed by atoms with Gasteiger partial charge in [-0.25, -0.2) is 0 Å². The minimum Gasteiger partial charge on any atom is -0.302 e.